The van der Waals surface area contributed by atoms with Crippen LogP contribution in [-0.2, 0) is 5.54 Å². The van der Waals surface area contributed by atoms with Crippen LogP contribution in [0.3, 0.4) is 0 Å². The molecule has 2 unspecified atom stereocenters. The molecule has 30 heavy (non-hydrogen) atoms. The van der Waals surface area contributed by atoms with E-state index in [2.05, 4.69) is 27.0 Å². The molecule has 1 saturated carbocycles. The molecule has 1 aliphatic carbocycles. The van der Waals surface area contributed by atoms with Crippen LogP contribution < -0.4 is 10.5 Å². The minimum atomic E-state index is -0.427. The summed E-state index contributed by atoms with van der Waals surface area (Å²) in [6, 6.07) is 6.19. The summed E-state index contributed by atoms with van der Waals surface area (Å²) in [5.74, 6) is 2.19. The van der Waals surface area contributed by atoms with E-state index in [9.17, 15) is 4.79 Å². The van der Waals surface area contributed by atoms with Crippen LogP contribution in [0.4, 0.5) is 0 Å². The van der Waals surface area contributed by atoms with Gasteiger partial charge < -0.3 is 19.8 Å². The first-order valence-electron chi connectivity index (χ1n) is 10.0. The number of ether oxygens (including phenoxy) is 1. The predicted molar refractivity (Wildman–Crippen MR) is 119 cm³/mol. The van der Waals surface area contributed by atoms with Gasteiger partial charge >= 0.3 is 0 Å². The Labute approximate surface area is 187 Å². The van der Waals surface area contributed by atoms with E-state index in [0.717, 1.165) is 40.8 Å². The van der Waals surface area contributed by atoms with Crippen LogP contribution in [0, 0.1) is 12.8 Å². The molecule has 1 aromatic heterocycles. The Morgan fingerprint density at radius 2 is 2.23 bits per heavy atom. The SMILES string of the molecule is Cc1nc(C(=O)N(C)C2CC[C@@H]3Oc4ccc(Br)cc4C4(CSC(N)=N4)[C@H]3C2)co1. The molecule has 1 amide bonds. The first-order chi connectivity index (χ1) is 14.4. The molecule has 1 aromatic carbocycles. The van der Waals surface area contributed by atoms with Crippen LogP contribution in [0.5, 0.6) is 5.75 Å². The normalized spacial score (nSPS) is 29.7. The highest BCUT2D eigenvalue weighted by Crippen LogP contribution is 2.55. The van der Waals surface area contributed by atoms with Crippen molar-refractivity contribution in [1.29, 1.82) is 0 Å². The molecule has 4 atom stereocenters. The van der Waals surface area contributed by atoms with Gasteiger partial charge in [-0.1, -0.05) is 27.7 Å². The van der Waals surface area contributed by atoms with Crippen molar-refractivity contribution in [2.75, 3.05) is 12.8 Å². The number of hydrogen-bond acceptors (Lipinski definition) is 7. The molecule has 2 N–H and O–H groups in total. The minimum Gasteiger partial charge on any atom is -0.490 e. The lowest BCUT2D eigenvalue weighted by molar-refractivity contribution is -0.00259. The molecule has 3 aliphatic rings. The van der Waals surface area contributed by atoms with Crippen LogP contribution in [0.25, 0.3) is 0 Å². The molecule has 1 fully saturated rings. The van der Waals surface area contributed by atoms with Gasteiger partial charge in [0, 0.05) is 41.7 Å². The fourth-order valence-electron chi connectivity index (χ4n) is 5.00. The number of fused-ring (bicyclic) bond motifs is 4. The lowest BCUT2D eigenvalue weighted by Gasteiger charge is -2.49. The van der Waals surface area contributed by atoms with Crippen molar-refractivity contribution in [1.82, 2.24) is 9.88 Å². The number of aryl methyl sites for hydroxylation is 1. The Morgan fingerprint density at radius 3 is 2.93 bits per heavy atom. The number of carbonyl (C=O) groups excluding carboxylic acids is 1. The fourth-order valence-corrected chi connectivity index (χ4v) is 6.39. The molecule has 3 heterocycles. The zero-order valence-corrected chi connectivity index (χ0v) is 19.2. The summed E-state index contributed by atoms with van der Waals surface area (Å²) in [4.78, 5) is 23.9. The molecule has 0 bridgehead atoms. The van der Waals surface area contributed by atoms with Gasteiger partial charge in [0.05, 0.1) is 0 Å². The Kier molecular flexibility index (Phi) is 4.85. The summed E-state index contributed by atoms with van der Waals surface area (Å²) in [6.45, 7) is 1.74. The van der Waals surface area contributed by atoms with Crippen LogP contribution in [0.1, 0.15) is 41.2 Å². The van der Waals surface area contributed by atoms with Crippen LogP contribution in [0.2, 0.25) is 0 Å². The van der Waals surface area contributed by atoms with Crippen molar-refractivity contribution in [3.63, 3.8) is 0 Å². The maximum absolute atomic E-state index is 12.9. The van der Waals surface area contributed by atoms with Crippen LogP contribution in [-0.4, -0.2) is 45.9 Å². The van der Waals surface area contributed by atoms with Gasteiger partial charge in [-0.05, 0) is 37.5 Å². The second kappa shape index (κ2) is 7.30. The summed E-state index contributed by atoms with van der Waals surface area (Å²) < 4.78 is 12.6. The van der Waals surface area contributed by atoms with Gasteiger partial charge in [0.15, 0.2) is 16.8 Å². The van der Waals surface area contributed by atoms with Crippen molar-refractivity contribution in [2.45, 2.75) is 43.9 Å². The zero-order valence-electron chi connectivity index (χ0n) is 16.8. The van der Waals surface area contributed by atoms with Gasteiger partial charge in [0.2, 0.25) is 0 Å². The summed E-state index contributed by atoms with van der Waals surface area (Å²) >= 11 is 5.19. The second-order valence-electron chi connectivity index (χ2n) is 8.20. The molecule has 5 rings (SSSR count). The number of amides is 1. The van der Waals surface area contributed by atoms with E-state index in [0.29, 0.717) is 16.8 Å². The lowest BCUT2D eigenvalue weighted by Crippen LogP contribution is -2.54. The van der Waals surface area contributed by atoms with Crippen LogP contribution in [0.15, 0.2) is 38.3 Å². The Balaban J connectivity index is 1.48. The van der Waals surface area contributed by atoms with E-state index >= 15 is 0 Å². The predicted octanol–water partition coefficient (Wildman–Crippen LogP) is 3.70. The number of amidine groups is 1. The second-order valence-corrected chi connectivity index (χ2v) is 10.1. The van der Waals surface area contributed by atoms with E-state index in [-0.39, 0.29) is 24.0 Å². The number of carbonyl (C=O) groups is 1. The highest BCUT2D eigenvalue weighted by molar-refractivity contribution is 9.10. The molecule has 2 aliphatic heterocycles. The van der Waals surface area contributed by atoms with Crippen molar-refractivity contribution in [2.24, 2.45) is 16.6 Å². The third-order valence-electron chi connectivity index (χ3n) is 6.51. The van der Waals surface area contributed by atoms with Crippen molar-refractivity contribution < 1.29 is 13.9 Å². The number of aliphatic imine (C=N–C) groups is 1. The summed E-state index contributed by atoms with van der Waals surface area (Å²) in [7, 11) is 1.85. The highest BCUT2D eigenvalue weighted by atomic mass is 79.9. The summed E-state index contributed by atoms with van der Waals surface area (Å²) in [6.07, 6.45) is 4.02. The first-order valence-corrected chi connectivity index (χ1v) is 11.8. The molecule has 0 radical (unpaired) electrons. The lowest BCUT2D eigenvalue weighted by atomic mass is 9.67. The molecule has 9 heteroatoms. The maximum atomic E-state index is 12.9. The van der Waals surface area contributed by atoms with Crippen molar-refractivity contribution in [3.05, 3.63) is 46.1 Å². The Morgan fingerprint density at radius 1 is 1.40 bits per heavy atom. The number of hydrogen-bond donors (Lipinski definition) is 1. The van der Waals surface area contributed by atoms with Gasteiger partial charge in [0.25, 0.3) is 5.91 Å². The largest absolute Gasteiger partial charge is 0.490 e. The zero-order chi connectivity index (χ0) is 21.0. The van der Waals surface area contributed by atoms with Gasteiger partial charge in [-0.15, -0.1) is 0 Å². The molecule has 0 saturated heterocycles. The summed E-state index contributed by atoms with van der Waals surface area (Å²) in [5, 5.41) is 0.617. The third-order valence-corrected chi connectivity index (χ3v) is 7.98. The average Bonchev–Trinajstić information content (AvgIpc) is 3.34. The summed E-state index contributed by atoms with van der Waals surface area (Å²) in [5.41, 5.74) is 7.15. The first kappa shape index (κ1) is 19.9. The van der Waals surface area contributed by atoms with E-state index in [1.807, 2.05) is 19.2 Å². The molecule has 1 spiro atoms. The average molecular weight is 491 g/mol. The highest BCUT2D eigenvalue weighted by Gasteiger charge is 2.55. The van der Waals surface area contributed by atoms with E-state index < -0.39 is 5.54 Å². The van der Waals surface area contributed by atoms with Gasteiger partial charge in [-0.2, -0.15) is 0 Å². The molecular weight excluding hydrogens is 468 g/mol. The molecular formula is C21H23BrN4O3S. The van der Waals surface area contributed by atoms with Crippen LogP contribution >= 0.6 is 27.7 Å². The number of thioether (sulfide) groups is 1. The number of rotatable bonds is 2. The Bertz CT molecular complexity index is 1040. The monoisotopic (exact) mass is 490 g/mol. The number of nitrogens with two attached hydrogens (primary N) is 1. The van der Waals surface area contributed by atoms with Crippen molar-refractivity contribution >= 4 is 38.8 Å². The number of nitrogens with zero attached hydrogens (tertiary/aromatic N) is 3. The van der Waals surface area contributed by atoms with E-state index in [1.54, 1.807) is 23.6 Å². The van der Waals surface area contributed by atoms with Crippen molar-refractivity contribution in [3.8, 4) is 5.75 Å². The number of benzene rings is 1. The Hall–Kier alpha value is -2.00. The number of aromatic nitrogens is 1. The maximum Gasteiger partial charge on any atom is 0.275 e. The number of oxazole rings is 1. The van der Waals surface area contributed by atoms with Gasteiger partial charge in [-0.3, -0.25) is 4.79 Å². The smallest absolute Gasteiger partial charge is 0.275 e. The van der Waals surface area contributed by atoms with Gasteiger partial charge in [0.1, 0.15) is 23.7 Å². The fraction of sp³-hybridized carbons (Fsp3) is 0.476. The number of halogens is 1. The molecule has 158 valence electrons. The van der Waals surface area contributed by atoms with Gasteiger partial charge in [-0.25, -0.2) is 9.98 Å². The topological polar surface area (TPSA) is 94.0 Å². The quantitative estimate of drug-likeness (QED) is 0.689. The van der Waals surface area contributed by atoms with E-state index in [4.69, 9.17) is 19.9 Å². The standard InChI is InChI=1S/C21H23BrN4O3S/c1-11-24-16(9-28-11)19(27)26(2)13-4-6-18-15(8-13)21(10-30-20(23)25-21)14-7-12(22)3-5-17(14)29-18/h3,5,7,9,13,15,18H,4,6,8,10H2,1-2H3,(H2,23,25)/t13?,15-,18-,21?/m0/s1. The third kappa shape index (κ3) is 3.13. The molecule has 2 aromatic rings. The minimum absolute atomic E-state index is 0.0583. The van der Waals surface area contributed by atoms with E-state index in [1.165, 1.54) is 6.26 Å². The molecule has 7 nitrogen and oxygen atoms in total.